The van der Waals surface area contributed by atoms with Gasteiger partial charge in [-0.2, -0.15) is 0 Å². The molecule has 0 bridgehead atoms. The van der Waals surface area contributed by atoms with Crippen LogP contribution in [0.2, 0.25) is 0 Å². The second kappa shape index (κ2) is 7.62. The molecule has 0 unspecified atom stereocenters. The fraction of sp³-hybridized carbons (Fsp3) is 0.444. The van der Waals surface area contributed by atoms with Gasteiger partial charge in [0.25, 0.3) is 0 Å². The summed E-state index contributed by atoms with van der Waals surface area (Å²) in [4.78, 5) is 8.73. The smallest absolute Gasteiger partial charge is 0.136 e. The Morgan fingerprint density at radius 3 is 2.61 bits per heavy atom. The number of benzene rings is 1. The number of nitrogens with zero attached hydrogens (tertiary/aromatic N) is 2. The highest BCUT2D eigenvalue weighted by Gasteiger charge is 2.14. The fourth-order valence-corrected chi connectivity index (χ4v) is 2.92. The van der Waals surface area contributed by atoms with Crippen LogP contribution in [0.3, 0.4) is 0 Å². The van der Waals surface area contributed by atoms with Crippen LogP contribution >= 0.6 is 0 Å². The Balaban J connectivity index is 1.67. The number of hydrogen-bond acceptors (Lipinski definition) is 4. The van der Waals surface area contributed by atoms with E-state index < -0.39 is 5.82 Å². The molecule has 2 aromatic rings. The van der Waals surface area contributed by atoms with E-state index >= 15 is 0 Å². The Hall–Kier alpha value is -1.85. The highest BCUT2D eigenvalue weighted by Crippen LogP contribution is 2.24. The molecule has 0 spiro atoms. The number of ether oxygens (including phenoxy) is 1. The SMILES string of the molecule is OCc1cccc(-c2cnc(CCC3CCOCC3)nc2)c1F. The molecule has 1 aromatic heterocycles. The molecule has 5 heteroatoms. The van der Waals surface area contributed by atoms with E-state index in [0.717, 1.165) is 44.7 Å². The second-order valence-electron chi connectivity index (χ2n) is 5.92. The first kappa shape index (κ1) is 16.0. The van der Waals surface area contributed by atoms with Crippen LogP contribution in [0, 0.1) is 11.7 Å². The van der Waals surface area contributed by atoms with Gasteiger partial charge in [0.1, 0.15) is 11.6 Å². The van der Waals surface area contributed by atoms with Gasteiger partial charge in [0, 0.05) is 48.7 Å². The quantitative estimate of drug-likeness (QED) is 0.921. The van der Waals surface area contributed by atoms with Gasteiger partial charge < -0.3 is 9.84 Å². The van der Waals surface area contributed by atoms with Crippen LogP contribution in [-0.4, -0.2) is 28.3 Å². The van der Waals surface area contributed by atoms with E-state index in [1.165, 1.54) is 0 Å². The van der Waals surface area contributed by atoms with Crippen LogP contribution in [0.1, 0.15) is 30.7 Å². The number of aryl methyl sites for hydroxylation is 1. The lowest BCUT2D eigenvalue weighted by molar-refractivity contribution is 0.0638. The van der Waals surface area contributed by atoms with Gasteiger partial charge in [-0.1, -0.05) is 18.2 Å². The number of aliphatic hydroxyl groups is 1. The highest BCUT2D eigenvalue weighted by molar-refractivity contribution is 5.63. The minimum atomic E-state index is -0.409. The Labute approximate surface area is 135 Å². The molecule has 23 heavy (non-hydrogen) atoms. The predicted octanol–water partition coefficient (Wildman–Crippen LogP) is 3.13. The molecule has 4 nitrogen and oxygen atoms in total. The van der Waals surface area contributed by atoms with Gasteiger partial charge in [-0.05, 0) is 25.2 Å². The number of aromatic nitrogens is 2. The standard InChI is InChI=1S/C18H21FN2O2/c19-18-14(12-22)2-1-3-16(18)15-10-20-17(21-11-15)5-4-13-6-8-23-9-7-13/h1-3,10-11,13,22H,4-9,12H2. The van der Waals surface area contributed by atoms with Gasteiger partial charge in [-0.25, -0.2) is 14.4 Å². The molecule has 1 aliphatic heterocycles. The van der Waals surface area contributed by atoms with Gasteiger partial charge in [0.2, 0.25) is 0 Å². The number of halogens is 1. The first-order valence-corrected chi connectivity index (χ1v) is 8.05. The molecule has 1 saturated heterocycles. The average molecular weight is 316 g/mol. The molecule has 1 aliphatic rings. The number of hydrogen-bond donors (Lipinski definition) is 1. The van der Waals surface area contributed by atoms with E-state index in [4.69, 9.17) is 9.84 Å². The zero-order valence-corrected chi connectivity index (χ0v) is 13.0. The zero-order valence-electron chi connectivity index (χ0n) is 13.0. The van der Waals surface area contributed by atoms with E-state index in [1.54, 1.807) is 30.6 Å². The van der Waals surface area contributed by atoms with Crippen LogP contribution in [0.25, 0.3) is 11.1 Å². The Bertz CT molecular complexity index is 640. The van der Waals surface area contributed by atoms with Crippen molar-refractivity contribution in [2.45, 2.75) is 32.3 Å². The summed E-state index contributed by atoms with van der Waals surface area (Å²) in [7, 11) is 0. The van der Waals surface area contributed by atoms with Crippen molar-refractivity contribution >= 4 is 0 Å². The summed E-state index contributed by atoms with van der Waals surface area (Å²) in [6.07, 6.45) is 7.44. The van der Waals surface area contributed by atoms with Crippen LogP contribution in [0.5, 0.6) is 0 Å². The molecular weight excluding hydrogens is 295 g/mol. The maximum atomic E-state index is 14.2. The van der Waals surface area contributed by atoms with Crippen molar-refractivity contribution in [2.75, 3.05) is 13.2 Å². The molecule has 2 heterocycles. The summed E-state index contributed by atoms with van der Waals surface area (Å²) in [6, 6.07) is 4.97. The van der Waals surface area contributed by atoms with Gasteiger partial charge in [0.05, 0.1) is 6.61 Å². The molecule has 1 aromatic carbocycles. The monoisotopic (exact) mass is 316 g/mol. The summed E-state index contributed by atoms with van der Waals surface area (Å²) in [6.45, 7) is 1.39. The lowest BCUT2D eigenvalue weighted by Gasteiger charge is -2.21. The second-order valence-corrected chi connectivity index (χ2v) is 5.92. The largest absolute Gasteiger partial charge is 0.392 e. The third-order valence-electron chi connectivity index (χ3n) is 4.38. The lowest BCUT2D eigenvalue weighted by Crippen LogP contribution is -2.16. The van der Waals surface area contributed by atoms with E-state index in [2.05, 4.69) is 9.97 Å². The molecule has 0 aliphatic carbocycles. The van der Waals surface area contributed by atoms with Crippen molar-refractivity contribution in [1.82, 2.24) is 9.97 Å². The molecule has 3 rings (SSSR count). The van der Waals surface area contributed by atoms with Crippen molar-refractivity contribution < 1.29 is 14.2 Å². The summed E-state index contributed by atoms with van der Waals surface area (Å²) in [5.41, 5.74) is 1.34. The normalized spacial score (nSPS) is 15.7. The molecule has 0 amide bonds. The van der Waals surface area contributed by atoms with Gasteiger partial charge in [0.15, 0.2) is 0 Å². The zero-order chi connectivity index (χ0) is 16.1. The van der Waals surface area contributed by atoms with Crippen molar-refractivity contribution in [3.8, 4) is 11.1 Å². The van der Waals surface area contributed by atoms with Crippen molar-refractivity contribution in [1.29, 1.82) is 0 Å². The summed E-state index contributed by atoms with van der Waals surface area (Å²) >= 11 is 0. The minimum absolute atomic E-state index is 0.283. The minimum Gasteiger partial charge on any atom is -0.392 e. The topological polar surface area (TPSA) is 55.2 Å². The maximum Gasteiger partial charge on any atom is 0.136 e. The average Bonchev–Trinajstić information content (AvgIpc) is 2.62. The summed E-state index contributed by atoms with van der Waals surface area (Å²) < 4.78 is 19.6. The Morgan fingerprint density at radius 2 is 1.91 bits per heavy atom. The maximum absolute atomic E-state index is 14.2. The first-order valence-electron chi connectivity index (χ1n) is 8.05. The van der Waals surface area contributed by atoms with E-state index in [9.17, 15) is 4.39 Å². The molecule has 0 radical (unpaired) electrons. The summed E-state index contributed by atoms with van der Waals surface area (Å²) in [5.74, 6) is 1.07. The molecular formula is C18H21FN2O2. The van der Waals surface area contributed by atoms with E-state index in [1.807, 2.05) is 0 Å². The molecule has 0 saturated carbocycles. The third kappa shape index (κ3) is 3.92. The summed E-state index contributed by atoms with van der Waals surface area (Å²) in [5, 5.41) is 9.15. The van der Waals surface area contributed by atoms with Crippen LogP contribution in [0.15, 0.2) is 30.6 Å². The predicted molar refractivity (Wildman–Crippen MR) is 85.2 cm³/mol. The van der Waals surface area contributed by atoms with Gasteiger partial charge in [-0.3, -0.25) is 0 Å². The van der Waals surface area contributed by atoms with Crippen LogP contribution < -0.4 is 0 Å². The van der Waals surface area contributed by atoms with E-state index in [0.29, 0.717) is 17.0 Å². The lowest BCUT2D eigenvalue weighted by atomic mass is 9.95. The Kier molecular flexibility index (Phi) is 5.31. The molecule has 122 valence electrons. The van der Waals surface area contributed by atoms with Crippen molar-refractivity contribution in [3.05, 3.63) is 47.8 Å². The number of aliphatic hydroxyl groups excluding tert-OH is 1. The molecule has 0 atom stereocenters. The van der Waals surface area contributed by atoms with Crippen LogP contribution in [0.4, 0.5) is 4.39 Å². The van der Waals surface area contributed by atoms with E-state index in [-0.39, 0.29) is 12.2 Å². The Morgan fingerprint density at radius 1 is 1.17 bits per heavy atom. The van der Waals surface area contributed by atoms with Crippen molar-refractivity contribution in [2.24, 2.45) is 5.92 Å². The third-order valence-corrected chi connectivity index (χ3v) is 4.38. The van der Waals surface area contributed by atoms with Gasteiger partial charge >= 0.3 is 0 Å². The molecule has 1 N–H and O–H groups in total. The highest BCUT2D eigenvalue weighted by atomic mass is 19.1. The number of rotatable bonds is 5. The fourth-order valence-electron chi connectivity index (χ4n) is 2.92. The molecule has 1 fully saturated rings. The first-order chi connectivity index (χ1) is 11.3. The van der Waals surface area contributed by atoms with Crippen molar-refractivity contribution in [3.63, 3.8) is 0 Å². The van der Waals surface area contributed by atoms with Gasteiger partial charge in [-0.15, -0.1) is 0 Å². The van der Waals surface area contributed by atoms with Crippen LogP contribution in [-0.2, 0) is 17.8 Å².